The maximum Gasteiger partial charge on any atom is 0.137 e. The maximum absolute atomic E-state index is 6.19. The third-order valence-corrected chi connectivity index (χ3v) is 3.36. The summed E-state index contributed by atoms with van der Waals surface area (Å²) in [5, 5.41) is 0.589. The normalized spacial score (nSPS) is 10.8. The van der Waals surface area contributed by atoms with Crippen LogP contribution in [-0.2, 0) is 6.42 Å². The van der Waals surface area contributed by atoms with Gasteiger partial charge in [0.15, 0.2) is 0 Å². The quantitative estimate of drug-likeness (QED) is 0.904. The van der Waals surface area contributed by atoms with E-state index in [0.717, 1.165) is 34.8 Å². The van der Waals surface area contributed by atoms with Gasteiger partial charge in [-0.2, -0.15) is 0 Å². The van der Waals surface area contributed by atoms with Crippen molar-refractivity contribution in [2.45, 2.75) is 20.3 Å². The van der Waals surface area contributed by atoms with Gasteiger partial charge in [-0.15, -0.1) is 0 Å². The highest BCUT2D eigenvalue weighted by atomic mass is 35.5. The Bertz CT molecular complexity index is 593. The minimum absolute atomic E-state index is 0.578. The largest absolute Gasteiger partial charge is 0.495 e. The summed E-state index contributed by atoms with van der Waals surface area (Å²) in [5.41, 5.74) is 9.59. The first-order valence-corrected chi connectivity index (χ1v) is 6.54. The molecule has 0 bridgehead atoms. The number of aromatic nitrogens is 2. The summed E-state index contributed by atoms with van der Waals surface area (Å²) in [5.74, 6) is 1.58. The number of ether oxygens (including phenoxy) is 1. The lowest BCUT2D eigenvalue weighted by molar-refractivity contribution is 0.415. The lowest BCUT2D eigenvalue weighted by Crippen LogP contribution is -2.03. The summed E-state index contributed by atoms with van der Waals surface area (Å²) in [4.78, 5) is 7.85. The number of methoxy groups -OCH3 is 1. The number of H-pyrrole nitrogens is 1. The van der Waals surface area contributed by atoms with Crippen LogP contribution in [0.15, 0.2) is 12.1 Å². The van der Waals surface area contributed by atoms with Crippen molar-refractivity contribution < 1.29 is 4.74 Å². The van der Waals surface area contributed by atoms with Crippen LogP contribution in [0.25, 0.3) is 11.3 Å². The molecule has 0 spiro atoms. The first-order valence-electron chi connectivity index (χ1n) is 6.17. The fourth-order valence-electron chi connectivity index (χ4n) is 2.11. The fraction of sp³-hybridized carbons (Fsp3) is 0.357. The molecule has 0 aliphatic heterocycles. The van der Waals surface area contributed by atoms with E-state index >= 15 is 0 Å². The molecule has 4 nitrogen and oxygen atoms in total. The van der Waals surface area contributed by atoms with Crippen LogP contribution in [0, 0.1) is 13.8 Å². The zero-order valence-corrected chi connectivity index (χ0v) is 12.1. The van der Waals surface area contributed by atoms with Gasteiger partial charge < -0.3 is 15.5 Å². The highest BCUT2D eigenvalue weighted by Gasteiger charge is 2.13. The van der Waals surface area contributed by atoms with Crippen LogP contribution in [0.2, 0.25) is 5.02 Å². The highest BCUT2D eigenvalue weighted by molar-refractivity contribution is 6.32. The molecule has 0 amide bonds. The number of nitrogens with two attached hydrogens (primary N) is 1. The number of nitrogens with zero attached hydrogens (tertiary/aromatic N) is 1. The maximum atomic E-state index is 6.19. The SMILES string of the molecule is COc1cc(C)c(-c2nc(CCN)[nH]c2C)cc1Cl. The molecule has 0 saturated carbocycles. The van der Waals surface area contributed by atoms with Crippen LogP contribution < -0.4 is 10.5 Å². The predicted molar refractivity (Wildman–Crippen MR) is 77.8 cm³/mol. The van der Waals surface area contributed by atoms with Crippen LogP contribution >= 0.6 is 11.6 Å². The number of nitrogens with one attached hydrogen (secondary N) is 1. The summed E-state index contributed by atoms with van der Waals surface area (Å²) in [7, 11) is 1.61. The number of hydrogen-bond acceptors (Lipinski definition) is 3. The summed E-state index contributed by atoms with van der Waals surface area (Å²) in [6.45, 7) is 4.60. The van der Waals surface area contributed by atoms with Crippen LogP contribution in [0.3, 0.4) is 0 Å². The van der Waals surface area contributed by atoms with Gasteiger partial charge in [0.1, 0.15) is 11.6 Å². The number of imidazole rings is 1. The van der Waals surface area contributed by atoms with Crippen molar-refractivity contribution in [2.75, 3.05) is 13.7 Å². The number of hydrogen-bond donors (Lipinski definition) is 2. The van der Waals surface area contributed by atoms with Crippen molar-refractivity contribution in [1.29, 1.82) is 0 Å². The van der Waals surface area contributed by atoms with E-state index in [1.165, 1.54) is 0 Å². The number of aromatic amines is 1. The summed E-state index contributed by atoms with van der Waals surface area (Å²) >= 11 is 6.19. The molecule has 0 saturated heterocycles. The van der Waals surface area contributed by atoms with Crippen molar-refractivity contribution in [3.8, 4) is 17.0 Å². The molecule has 0 unspecified atom stereocenters. The van der Waals surface area contributed by atoms with Gasteiger partial charge in [-0.25, -0.2) is 4.98 Å². The van der Waals surface area contributed by atoms with Crippen molar-refractivity contribution in [3.63, 3.8) is 0 Å². The van der Waals surface area contributed by atoms with Crippen molar-refractivity contribution in [2.24, 2.45) is 5.73 Å². The molecule has 2 aromatic rings. The van der Waals surface area contributed by atoms with Crippen LogP contribution in [-0.4, -0.2) is 23.6 Å². The molecule has 1 aromatic carbocycles. The van der Waals surface area contributed by atoms with Gasteiger partial charge >= 0.3 is 0 Å². The summed E-state index contributed by atoms with van der Waals surface area (Å²) in [6.07, 6.45) is 0.740. The van der Waals surface area contributed by atoms with E-state index in [4.69, 9.17) is 22.1 Å². The predicted octanol–water partition coefficient (Wildman–Crippen LogP) is 2.86. The molecule has 0 aliphatic carbocycles. The van der Waals surface area contributed by atoms with Crippen LogP contribution in [0.1, 0.15) is 17.1 Å². The second-order valence-corrected chi connectivity index (χ2v) is 4.90. The lowest BCUT2D eigenvalue weighted by atomic mass is 10.0. The zero-order chi connectivity index (χ0) is 14.0. The van der Waals surface area contributed by atoms with E-state index < -0.39 is 0 Å². The average Bonchev–Trinajstić information content (AvgIpc) is 2.73. The van der Waals surface area contributed by atoms with Crippen molar-refractivity contribution >= 4 is 11.6 Å². The molecule has 19 heavy (non-hydrogen) atoms. The average molecular weight is 280 g/mol. The first-order chi connectivity index (χ1) is 9.06. The Hall–Kier alpha value is -1.52. The van der Waals surface area contributed by atoms with E-state index in [9.17, 15) is 0 Å². The standard InChI is InChI=1S/C14H18ClN3O/c1-8-6-12(19-3)11(15)7-10(8)14-9(2)17-13(18-14)4-5-16/h6-7H,4-5,16H2,1-3H3,(H,17,18). The molecule has 0 atom stereocenters. The Morgan fingerprint density at radius 2 is 2.11 bits per heavy atom. The van der Waals surface area contributed by atoms with E-state index in [0.29, 0.717) is 17.3 Å². The molecule has 2 rings (SSSR count). The third-order valence-electron chi connectivity index (χ3n) is 3.07. The van der Waals surface area contributed by atoms with Gasteiger partial charge in [0, 0.05) is 17.7 Å². The number of rotatable bonds is 4. The van der Waals surface area contributed by atoms with Gasteiger partial charge in [0.2, 0.25) is 0 Å². The molecular formula is C14H18ClN3O. The first kappa shape index (κ1) is 13.9. The van der Waals surface area contributed by atoms with E-state index in [1.54, 1.807) is 7.11 Å². The molecule has 0 aliphatic rings. The Balaban J connectivity index is 2.49. The zero-order valence-electron chi connectivity index (χ0n) is 11.4. The highest BCUT2D eigenvalue weighted by Crippen LogP contribution is 2.33. The third kappa shape index (κ3) is 2.74. The molecule has 0 fully saturated rings. The molecule has 1 heterocycles. The summed E-state index contributed by atoms with van der Waals surface area (Å²) in [6, 6.07) is 3.82. The van der Waals surface area contributed by atoms with Gasteiger partial charge in [-0.1, -0.05) is 11.6 Å². The minimum Gasteiger partial charge on any atom is -0.495 e. The molecular weight excluding hydrogens is 262 g/mol. The molecule has 5 heteroatoms. The molecule has 3 N–H and O–H groups in total. The smallest absolute Gasteiger partial charge is 0.137 e. The Labute approximate surface area is 117 Å². The van der Waals surface area contributed by atoms with Crippen molar-refractivity contribution in [3.05, 3.63) is 34.2 Å². The van der Waals surface area contributed by atoms with E-state index in [2.05, 4.69) is 9.97 Å². The summed E-state index contributed by atoms with van der Waals surface area (Å²) < 4.78 is 5.21. The molecule has 0 radical (unpaired) electrons. The van der Waals surface area contributed by atoms with E-state index in [1.807, 2.05) is 26.0 Å². The Morgan fingerprint density at radius 1 is 1.37 bits per heavy atom. The van der Waals surface area contributed by atoms with E-state index in [-0.39, 0.29) is 0 Å². The number of aryl methyl sites for hydroxylation is 2. The van der Waals surface area contributed by atoms with Crippen LogP contribution in [0.5, 0.6) is 5.75 Å². The monoisotopic (exact) mass is 279 g/mol. The molecule has 1 aromatic heterocycles. The second-order valence-electron chi connectivity index (χ2n) is 4.50. The van der Waals surface area contributed by atoms with Crippen LogP contribution in [0.4, 0.5) is 0 Å². The van der Waals surface area contributed by atoms with Gasteiger partial charge in [0.25, 0.3) is 0 Å². The van der Waals surface area contributed by atoms with Gasteiger partial charge in [-0.3, -0.25) is 0 Å². The lowest BCUT2D eigenvalue weighted by Gasteiger charge is -2.09. The Morgan fingerprint density at radius 3 is 2.74 bits per heavy atom. The molecule has 102 valence electrons. The number of halogens is 1. The topological polar surface area (TPSA) is 63.9 Å². The Kier molecular flexibility index (Phi) is 4.12. The van der Waals surface area contributed by atoms with Gasteiger partial charge in [0.05, 0.1) is 17.8 Å². The fourth-order valence-corrected chi connectivity index (χ4v) is 2.35. The number of benzene rings is 1. The minimum atomic E-state index is 0.578. The second kappa shape index (κ2) is 5.63. The van der Waals surface area contributed by atoms with Crippen molar-refractivity contribution in [1.82, 2.24) is 9.97 Å². The van der Waals surface area contributed by atoms with Gasteiger partial charge in [-0.05, 0) is 38.1 Å².